The minimum absolute atomic E-state index is 0.0509. The fourth-order valence-electron chi connectivity index (χ4n) is 3.96. The first-order valence-corrected chi connectivity index (χ1v) is 16.2. The van der Waals surface area contributed by atoms with E-state index in [0.29, 0.717) is 29.4 Å². The molecular formula is C25H33Cl2N4O5PS. The van der Waals surface area contributed by atoms with Crippen LogP contribution in [0.1, 0.15) is 56.5 Å². The first kappa shape index (κ1) is 30.6. The standard InChI is InChI=1S/C25H33Cl2N4O5PS/c1-4-7-8-22-30-24(27)23(31(22)17-18-9-11-19(26)12-10-18)25(37(32,35-5-2)36-6-3)29-20-13-15-21(16-14-20)38(28,33)34/h9-16,25,29H,4-8,17H2,1-3H3,(H2,28,33,34). The van der Waals surface area contributed by atoms with Crippen molar-refractivity contribution < 1.29 is 22.0 Å². The third-order valence-electron chi connectivity index (χ3n) is 5.73. The smallest absolute Gasteiger partial charge is 0.358 e. The molecule has 3 N–H and O–H groups in total. The minimum Gasteiger partial charge on any atom is -0.367 e. The molecular weight excluding hydrogens is 570 g/mol. The van der Waals surface area contributed by atoms with Crippen LogP contribution in [0.3, 0.4) is 0 Å². The maximum Gasteiger partial charge on any atom is 0.358 e. The first-order chi connectivity index (χ1) is 18.0. The third-order valence-corrected chi connectivity index (χ3v) is 9.43. The highest BCUT2D eigenvalue weighted by molar-refractivity contribution is 7.89. The van der Waals surface area contributed by atoms with Crippen LogP contribution in [0.4, 0.5) is 5.69 Å². The second-order valence-corrected chi connectivity index (χ2v) is 13.0. The maximum atomic E-state index is 14.2. The average molecular weight is 604 g/mol. The summed E-state index contributed by atoms with van der Waals surface area (Å²) >= 11 is 12.8. The topological polar surface area (TPSA) is 126 Å². The van der Waals surface area contributed by atoms with E-state index >= 15 is 0 Å². The van der Waals surface area contributed by atoms with E-state index in [4.69, 9.17) is 37.4 Å². The number of nitrogens with two attached hydrogens (primary N) is 1. The van der Waals surface area contributed by atoms with Crippen LogP contribution in [-0.4, -0.2) is 31.2 Å². The van der Waals surface area contributed by atoms with Crippen LogP contribution in [0.5, 0.6) is 0 Å². The van der Waals surface area contributed by atoms with Crippen molar-refractivity contribution in [1.82, 2.24) is 9.55 Å². The van der Waals surface area contributed by atoms with Crippen LogP contribution >= 0.6 is 30.8 Å². The molecule has 1 unspecified atom stereocenters. The van der Waals surface area contributed by atoms with Gasteiger partial charge in [-0.15, -0.1) is 0 Å². The molecule has 0 aliphatic rings. The monoisotopic (exact) mass is 602 g/mol. The zero-order valence-corrected chi connectivity index (χ0v) is 24.8. The highest BCUT2D eigenvalue weighted by Crippen LogP contribution is 2.61. The van der Waals surface area contributed by atoms with Crippen LogP contribution < -0.4 is 10.5 Å². The molecule has 1 atom stereocenters. The second-order valence-electron chi connectivity index (χ2n) is 8.51. The van der Waals surface area contributed by atoms with E-state index in [2.05, 4.69) is 17.2 Å². The van der Waals surface area contributed by atoms with Gasteiger partial charge in [-0.3, -0.25) is 4.57 Å². The Balaban J connectivity index is 2.17. The van der Waals surface area contributed by atoms with Crippen molar-refractivity contribution in [3.05, 3.63) is 75.8 Å². The minimum atomic E-state index is -3.88. The predicted molar refractivity (Wildman–Crippen MR) is 151 cm³/mol. The van der Waals surface area contributed by atoms with Crippen molar-refractivity contribution in [2.75, 3.05) is 18.5 Å². The molecule has 0 aliphatic carbocycles. The summed E-state index contributed by atoms with van der Waals surface area (Å²) in [5.74, 6) is -0.317. The van der Waals surface area contributed by atoms with E-state index in [1.165, 1.54) is 24.3 Å². The maximum absolute atomic E-state index is 14.2. The Labute approximate surface area is 234 Å². The summed E-state index contributed by atoms with van der Waals surface area (Å²) in [6, 6.07) is 13.2. The zero-order chi connectivity index (χ0) is 27.9. The molecule has 0 spiro atoms. The number of aryl methyl sites for hydroxylation is 1. The van der Waals surface area contributed by atoms with Gasteiger partial charge >= 0.3 is 7.60 Å². The lowest BCUT2D eigenvalue weighted by Crippen LogP contribution is -2.21. The lowest BCUT2D eigenvalue weighted by molar-refractivity contribution is 0.213. The number of unbranched alkanes of at least 4 members (excludes halogenated alkanes) is 1. The van der Waals surface area contributed by atoms with Gasteiger partial charge in [0.05, 0.1) is 23.8 Å². The Morgan fingerprint density at radius 1 is 1.03 bits per heavy atom. The number of anilines is 1. The predicted octanol–water partition coefficient (Wildman–Crippen LogP) is 6.61. The fourth-order valence-corrected chi connectivity index (χ4v) is 6.95. The highest BCUT2D eigenvalue weighted by atomic mass is 35.5. The van der Waals surface area contributed by atoms with Gasteiger partial charge in [-0.2, -0.15) is 0 Å². The first-order valence-electron chi connectivity index (χ1n) is 12.3. The number of nitrogens with one attached hydrogen (secondary N) is 1. The molecule has 2 aromatic carbocycles. The van der Waals surface area contributed by atoms with Crippen LogP contribution in [0.15, 0.2) is 53.4 Å². The van der Waals surface area contributed by atoms with E-state index in [-0.39, 0.29) is 23.3 Å². The number of rotatable bonds is 14. The van der Waals surface area contributed by atoms with Gasteiger partial charge in [0.1, 0.15) is 5.82 Å². The van der Waals surface area contributed by atoms with E-state index in [0.717, 1.165) is 24.2 Å². The molecule has 1 aromatic heterocycles. The van der Waals surface area contributed by atoms with Gasteiger partial charge in [-0.25, -0.2) is 18.5 Å². The Kier molecular flexibility index (Phi) is 10.8. The summed E-state index contributed by atoms with van der Waals surface area (Å²) < 4.78 is 51.1. The Morgan fingerprint density at radius 3 is 2.16 bits per heavy atom. The Bertz CT molecular complexity index is 1360. The summed E-state index contributed by atoms with van der Waals surface area (Å²) in [7, 11) is -7.74. The van der Waals surface area contributed by atoms with Crippen molar-refractivity contribution in [3.63, 3.8) is 0 Å². The van der Waals surface area contributed by atoms with Gasteiger partial charge in [0.25, 0.3) is 0 Å². The number of imidazole rings is 1. The summed E-state index contributed by atoms with van der Waals surface area (Å²) in [5, 5.41) is 9.24. The van der Waals surface area contributed by atoms with Crippen LogP contribution in [-0.2, 0) is 36.6 Å². The number of sulfonamides is 1. The van der Waals surface area contributed by atoms with Crippen molar-refractivity contribution in [2.45, 2.75) is 57.3 Å². The summed E-state index contributed by atoms with van der Waals surface area (Å²) in [6.07, 6.45) is 2.50. The quantitative estimate of drug-likeness (QED) is 0.199. The summed E-state index contributed by atoms with van der Waals surface area (Å²) in [4.78, 5) is 4.59. The number of hydrogen-bond donors (Lipinski definition) is 2. The molecule has 0 bridgehead atoms. The van der Waals surface area contributed by atoms with E-state index in [1.807, 2.05) is 16.7 Å². The van der Waals surface area contributed by atoms with Gasteiger partial charge in [0.2, 0.25) is 10.0 Å². The molecule has 3 aromatic rings. The molecule has 0 radical (unpaired) electrons. The second kappa shape index (κ2) is 13.4. The summed E-state index contributed by atoms with van der Waals surface area (Å²) in [6.45, 7) is 6.19. The lowest BCUT2D eigenvalue weighted by atomic mass is 10.2. The molecule has 0 fully saturated rings. The van der Waals surface area contributed by atoms with E-state index in [1.54, 1.807) is 26.0 Å². The molecule has 0 saturated carbocycles. The van der Waals surface area contributed by atoms with Crippen molar-refractivity contribution in [1.29, 1.82) is 0 Å². The Hall–Kier alpha value is -1.91. The molecule has 3 rings (SSSR count). The Morgan fingerprint density at radius 2 is 1.63 bits per heavy atom. The molecule has 13 heteroatoms. The molecule has 1 heterocycles. The number of nitrogens with zero attached hydrogens (tertiary/aromatic N) is 2. The zero-order valence-electron chi connectivity index (χ0n) is 21.6. The van der Waals surface area contributed by atoms with Gasteiger partial charge in [0, 0.05) is 23.7 Å². The van der Waals surface area contributed by atoms with E-state index in [9.17, 15) is 13.0 Å². The SMILES string of the molecule is CCCCc1nc(Cl)c(C(Nc2ccc(S(N)(=O)=O)cc2)P(=O)(OCC)OCC)n1Cc1ccc(Cl)cc1. The molecule has 38 heavy (non-hydrogen) atoms. The van der Waals surface area contributed by atoms with Crippen molar-refractivity contribution >= 4 is 46.5 Å². The van der Waals surface area contributed by atoms with Gasteiger partial charge in [-0.1, -0.05) is 48.7 Å². The third kappa shape index (κ3) is 7.60. The van der Waals surface area contributed by atoms with Gasteiger partial charge in [0.15, 0.2) is 10.9 Å². The van der Waals surface area contributed by atoms with Crippen molar-refractivity contribution in [2.24, 2.45) is 5.14 Å². The van der Waals surface area contributed by atoms with Crippen LogP contribution in [0.25, 0.3) is 0 Å². The number of benzene rings is 2. The largest absolute Gasteiger partial charge is 0.367 e. The molecule has 0 saturated heterocycles. The summed E-state index contributed by atoms with van der Waals surface area (Å²) in [5.41, 5.74) is 1.85. The van der Waals surface area contributed by atoms with E-state index < -0.39 is 23.4 Å². The number of hydrogen-bond acceptors (Lipinski definition) is 7. The molecule has 0 aliphatic heterocycles. The lowest BCUT2D eigenvalue weighted by Gasteiger charge is -2.29. The van der Waals surface area contributed by atoms with Crippen LogP contribution in [0.2, 0.25) is 10.2 Å². The molecule has 9 nitrogen and oxygen atoms in total. The molecule has 208 valence electrons. The number of halogens is 2. The average Bonchev–Trinajstić information content (AvgIpc) is 3.16. The number of primary sulfonamides is 1. The normalized spacial score (nSPS) is 13.0. The number of aromatic nitrogens is 2. The fraction of sp³-hybridized carbons (Fsp3) is 0.400. The highest BCUT2D eigenvalue weighted by Gasteiger charge is 2.41. The van der Waals surface area contributed by atoms with Crippen molar-refractivity contribution in [3.8, 4) is 0 Å². The van der Waals surface area contributed by atoms with Gasteiger partial charge in [-0.05, 0) is 62.2 Å². The molecule has 0 amide bonds. The van der Waals surface area contributed by atoms with Crippen LogP contribution in [0, 0.1) is 0 Å². The van der Waals surface area contributed by atoms with Gasteiger partial charge < -0.3 is 18.9 Å².